The van der Waals surface area contributed by atoms with Crippen LogP contribution in [0.4, 0.5) is 0 Å². The van der Waals surface area contributed by atoms with Crippen molar-refractivity contribution >= 4 is 11.3 Å². The normalized spacial score (nSPS) is 10.6. The van der Waals surface area contributed by atoms with Crippen LogP contribution in [0.5, 0.6) is 5.75 Å². The molecule has 2 aromatic rings. The minimum absolute atomic E-state index is 0.285. The van der Waals surface area contributed by atoms with E-state index in [2.05, 4.69) is 24.9 Å². The van der Waals surface area contributed by atoms with Gasteiger partial charge in [0.1, 0.15) is 16.7 Å². The van der Waals surface area contributed by atoms with Crippen molar-refractivity contribution in [1.82, 2.24) is 4.98 Å². The number of nitrogens with zero attached hydrogens (tertiary/aromatic N) is 2. The first-order valence-electron chi connectivity index (χ1n) is 6.69. The van der Waals surface area contributed by atoms with Gasteiger partial charge < -0.3 is 4.74 Å². The van der Waals surface area contributed by atoms with E-state index in [1.165, 1.54) is 16.9 Å². The molecular weight excluding hydrogens is 268 g/mol. The maximum atomic E-state index is 9.10. The molecule has 0 aliphatic heterocycles. The number of thiazole rings is 1. The molecule has 3 nitrogen and oxygen atoms in total. The molecule has 4 heteroatoms. The van der Waals surface area contributed by atoms with Crippen LogP contribution in [0.2, 0.25) is 0 Å². The van der Waals surface area contributed by atoms with Crippen LogP contribution in [0.1, 0.15) is 40.9 Å². The summed E-state index contributed by atoms with van der Waals surface area (Å²) in [5.74, 6) is 1.17. The Bertz CT molecular complexity index is 626. The third kappa shape index (κ3) is 3.58. The summed E-state index contributed by atoms with van der Waals surface area (Å²) in [5.41, 5.74) is 2.09. The monoisotopic (exact) mass is 286 g/mol. The predicted molar refractivity (Wildman–Crippen MR) is 81.3 cm³/mol. The first-order valence-corrected chi connectivity index (χ1v) is 7.51. The Labute approximate surface area is 123 Å². The molecule has 1 aromatic carbocycles. The van der Waals surface area contributed by atoms with Crippen molar-refractivity contribution in [3.63, 3.8) is 0 Å². The Morgan fingerprint density at radius 1 is 1.40 bits per heavy atom. The maximum absolute atomic E-state index is 9.10. The van der Waals surface area contributed by atoms with Gasteiger partial charge in [0.05, 0.1) is 17.3 Å². The Hall–Kier alpha value is -1.86. The average molecular weight is 286 g/mol. The highest BCUT2D eigenvalue weighted by Crippen LogP contribution is 2.24. The largest absolute Gasteiger partial charge is 0.493 e. The fourth-order valence-electron chi connectivity index (χ4n) is 1.92. The second-order valence-electron chi connectivity index (χ2n) is 5.00. The van der Waals surface area contributed by atoms with Gasteiger partial charge in [-0.25, -0.2) is 4.98 Å². The number of aryl methyl sites for hydroxylation is 1. The van der Waals surface area contributed by atoms with Crippen molar-refractivity contribution in [3.8, 4) is 11.8 Å². The summed E-state index contributed by atoms with van der Waals surface area (Å²) in [6.07, 6.45) is 0.736. The minimum Gasteiger partial charge on any atom is -0.493 e. The Morgan fingerprint density at radius 2 is 2.20 bits per heavy atom. The molecule has 0 N–H and O–H groups in total. The highest BCUT2D eigenvalue weighted by atomic mass is 32.1. The summed E-state index contributed by atoms with van der Waals surface area (Å²) in [5, 5.41) is 10.1. The highest BCUT2D eigenvalue weighted by molar-refractivity contribution is 7.12. The summed E-state index contributed by atoms with van der Waals surface area (Å²) in [6.45, 7) is 6.74. The number of rotatable bonds is 5. The van der Waals surface area contributed by atoms with Crippen molar-refractivity contribution in [1.29, 1.82) is 5.26 Å². The van der Waals surface area contributed by atoms with Crippen LogP contribution >= 0.6 is 11.3 Å². The zero-order chi connectivity index (χ0) is 14.5. The summed E-state index contributed by atoms with van der Waals surface area (Å²) >= 11 is 1.47. The lowest BCUT2D eigenvalue weighted by Crippen LogP contribution is -2.01. The number of aromatic nitrogens is 1. The Balaban J connectivity index is 1.96. The molecule has 1 heterocycles. The average Bonchev–Trinajstić information content (AvgIpc) is 2.82. The number of hydrogen-bond donors (Lipinski definition) is 0. The molecule has 0 fully saturated rings. The van der Waals surface area contributed by atoms with Gasteiger partial charge in [-0.15, -0.1) is 11.3 Å². The molecular formula is C16H18N2OS. The fraction of sp³-hybridized carbons (Fsp3) is 0.375. The topological polar surface area (TPSA) is 45.9 Å². The van der Waals surface area contributed by atoms with Crippen LogP contribution in [-0.4, -0.2) is 11.6 Å². The summed E-state index contributed by atoms with van der Waals surface area (Å²) in [7, 11) is 0. The quantitative estimate of drug-likeness (QED) is 0.832. The van der Waals surface area contributed by atoms with Crippen molar-refractivity contribution < 1.29 is 4.74 Å². The smallest absolute Gasteiger partial charge is 0.128 e. The predicted octanol–water partition coefficient (Wildman–Crippen LogP) is 4.07. The summed E-state index contributed by atoms with van der Waals surface area (Å²) in [6, 6.07) is 10.2. The van der Waals surface area contributed by atoms with Gasteiger partial charge in [-0.3, -0.25) is 0 Å². The molecule has 2 rings (SSSR count). The van der Waals surface area contributed by atoms with E-state index < -0.39 is 0 Å². The molecule has 20 heavy (non-hydrogen) atoms. The van der Waals surface area contributed by atoms with E-state index in [-0.39, 0.29) is 5.92 Å². The van der Waals surface area contributed by atoms with E-state index in [0.29, 0.717) is 6.61 Å². The number of benzene rings is 1. The van der Waals surface area contributed by atoms with Crippen LogP contribution in [0, 0.1) is 18.3 Å². The molecule has 0 radical (unpaired) electrons. The van der Waals surface area contributed by atoms with Gasteiger partial charge >= 0.3 is 0 Å². The Morgan fingerprint density at radius 3 is 2.80 bits per heavy atom. The first-order chi connectivity index (χ1) is 9.60. The molecule has 0 unspecified atom stereocenters. The van der Waals surface area contributed by atoms with Crippen LogP contribution in [0.3, 0.4) is 0 Å². The molecule has 1 aromatic heterocycles. The van der Waals surface area contributed by atoms with Crippen LogP contribution in [0.25, 0.3) is 0 Å². The first kappa shape index (κ1) is 14.5. The molecule has 0 aliphatic carbocycles. The van der Waals surface area contributed by atoms with Crippen molar-refractivity contribution in [2.45, 2.75) is 33.1 Å². The van der Waals surface area contributed by atoms with E-state index in [1.807, 2.05) is 31.2 Å². The van der Waals surface area contributed by atoms with Crippen LogP contribution in [-0.2, 0) is 6.42 Å². The number of hydrogen-bond acceptors (Lipinski definition) is 4. The zero-order valence-corrected chi connectivity index (χ0v) is 12.8. The number of nitriles is 1. The molecule has 0 atom stereocenters. The van der Waals surface area contributed by atoms with E-state index in [4.69, 9.17) is 10.00 Å². The lowest BCUT2D eigenvalue weighted by Gasteiger charge is -2.05. The second kappa shape index (κ2) is 6.53. The SMILES string of the molecule is Cc1cccc(OCCc2nc(C(C)C)c(C#N)s2)c1. The maximum Gasteiger partial charge on any atom is 0.128 e. The Kier molecular flexibility index (Phi) is 4.75. The van der Waals surface area contributed by atoms with Crippen LogP contribution < -0.4 is 4.74 Å². The van der Waals surface area contributed by atoms with Gasteiger partial charge in [0, 0.05) is 6.42 Å². The standard InChI is InChI=1S/C16H18N2OS/c1-11(2)16-14(10-17)20-15(18-16)7-8-19-13-6-4-5-12(3)9-13/h4-6,9,11H,7-8H2,1-3H3. The molecule has 0 spiro atoms. The third-order valence-electron chi connectivity index (χ3n) is 2.92. The highest BCUT2D eigenvalue weighted by Gasteiger charge is 2.13. The molecule has 104 valence electrons. The molecule has 0 aliphatic rings. The number of ether oxygens (including phenoxy) is 1. The molecule has 0 amide bonds. The van der Waals surface area contributed by atoms with Crippen LogP contribution in [0.15, 0.2) is 24.3 Å². The van der Waals surface area contributed by atoms with Gasteiger partial charge in [-0.2, -0.15) is 5.26 Å². The minimum atomic E-state index is 0.285. The molecule has 0 saturated carbocycles. The summed E-state index contributed by atoms with van der Waals surface area (Å²) in [4.78, 5) is 5.27. The second-order valence-corrected chi connectivity index (χ2v) is 6.09. The van der Waals surface area contributed by atoms with Crippen molar-refractivity contribution in [3.05, 3.63) is 45.4 Å². The lowest BCUT2D eigenvalue weighted by molar-refractivity contribution is 0.321. The van der Waals surface area contributed by atoms with Gasteiger partial charge in [0.2, 0.25) is 0 Å². The lowest BCUT2D eigenvalue weighted by atomic mass is 10.1. The van der Waals surface area contributed by atoms with Crippen molar-refractivity contribution in [2.75, 3.05) is 6.61 Å². The molecule has 0 bridgehead atoms. The van der Waals surface area contributed by atoms with Crippen molar-refractivity contribution in [2.24, 2.45) is 0 Å². The third-order valence-corrected chi connectivity index (χ3v) is 3.96. The van der Waals surface area contributed by atoms with E-state index in [0.717, 1.165) is 27.7 Å². The zero-order valence-electron chi connectivity index (χ0n) is 12.0. The van der Waals surface area contributed by atoms with Gasteiger partial charge in [-0.1, -0.05) is 26.0 Å². The van der Waals surface area contributed by atoms with E-state index in [1.54, 1.807) is 0 Å². The van der Waals surface area contributed by atoms with E-state index in [9.17, 15) is 0 Å². The molecule has 0 saturated heterocycles. The summed E-state index contributed by atoms with van der Waals surface area (Å²) < 4.78 is 5.72. The van der Waals surface area contributed by atoms with Gasteiger partial charge in [-0.05, 0) is 30.5 Å². The van der Waals surface area contributed by atoms with Gasteiger partial charge in [0.15, 0.2) is 0 Å². The van der Waals surface area contributed by atoms with Gasteiger partial charge in [0.25, 0.3) is 0 Å². The van der Waals surface area contributed by atoms with E-state index >= 15 is 0 Å². The fourth-order valence-corrected chi connectivity index (χ4v) is 2.91.